The van der Waals surface area contributed by atoms with E-state index in [1.54, 1.807) is 4.68 Å². The number of amides is 1. The number of aromatic nitrogens is 4. The van der Waals surface area contributed by atoms with E-state index in [0.717, 1.165) is 46.3 Å². The summed E-state index contributed by atoms with van der Waals surface area (Å²) in [7, 11) is 0. The fraction of sp³-hybridized carbons (Fsp3) is 0.263. The summed E-state index contributed by atoms with van der Waals surface area (Å²) in [6, 6.07) is 8.95. The Kier molecular flexibility index (Phi) is 6.30. The van der Waals surface area contributed by atoms with Gasteiger partial charge in [-0.2, -0.15) is 4.68 Å². The first-order valence-corrected chi connectivity index (χ1v) is 9.76. The van der Waals surface area contributed by atoms with Gasteiger partial charge in [0.05, 0.1) is 11.4 Å². The van der Waals surface area contributed by atoms with E-state index in [0.29, 0.717) is 10.8 Å². The summed E-state index contributed by atoms with van der Waals surface area (Å²) in [4.78, 5) is 12.2. The molecule has 1 amide bonds. The molecule has 1 N–H and O–H groups in total. The van der Waals surface area contributed by atoms with E-state index in [1.165, 1.54) is 12.1 Å². The number of carbonyl (C=O) groups is 1. The Labute approximate surface area is 174 Å². The lowest BCUT2D eigenvalue weighted by Crippen LogP contribution is -2.17. The molecule has 0 fully saturated rings. The quantitative estimate of drug-likeness (QED) is 0.582. The Morgan fingerprint density at radius 3 is 2.37 bits per heavy atom. The van der Waals surface area contributed by atoms with Crippen LogP contribution < -0.4 is 10.1 Å². The van der Waals surface area contributed by atoms with E-state index in [2.05, 4.69) is 25.6 Å². The second-order valence-electron chi connectivity index (χ2n) is 6.53. The number of nitrogens with one attached hydrogen (secondary N) is 1. The van der Waals surface area contributed by atoms with Gasteiger partial charge in [0.2, 0.25) is 11.1 Å². The minimum atomic E-state index is -4.76. The first-order valence-electron chi connectivity index (χ1n) is 8.77. The number of alkyl halides is 3. The Bertz CT molecular complexity index is 1030. The summed E-state index contributed by atoms with van der Waals surface area (Å²) >= 11 is 1.15. The van der Waals surface area contributed by atoms with Crippen LogP contribution in [0.4, 0.5) is 18.9 Å². The van der Waals surface area contributed by atoms with Gasteiger partial charge in [-0.1, -0.05) is 29.5 Å². The minimum Gasteiger partial charge on any atom is -0.406 e. The maximum absolute atomic E-state index is 12.2. The molecule has 1 heterocycles. The van der Waals surface area contributed by atoms with Crippen LogP contribution in [-0.4, -0.2) is 38.2 Å². The van der Waals surface area contributed by atoms with Crippen molar-refractivity contribution in [1.29, 1.82) is 0 Å². The molecule has 0 atom stereocenters. The van der Waals surface area contributed by atoms with Crippen LogP contribution in [0, 0.1) is 20.8 Å². The molecular formula is C19H18F3N5O2S. The molecule has 0 aliphatic heterocycles. The second kappa shape index (κ2) is 8.74. The van der Waals surface area contributed by atoms with Crippen molar-refractivity contribution in [2.24, 2.45) is 0 Å². The molecule has 0 bridgehead atoms. The van der Waals surface area contributed by atoms with Gasteiger partial charge in [-0.05, 0) is 66.6 Å². The van der Waals surface area contributed by atoms with Crippen molar-refractivity contribution in [3.05, 3.63) is 53.1 Å². The number of nitrogens with zero attached hydrogens (tertiary/aromatic N) is 4. The molecule has 0 spiro atoms. The highest BCUT2D eigenvalue weighted by Gasteiger charge is 2.31. The van der Waals surface area contributed by atoms with Crippen LogP contribution in [0.2, 0.25) is 0 Å². The first kappa shape index (κ1) is 21.6. The predicted octanol–water partition coefficient (Wildman–Crippen LogP) is 4.22. The van der Waals surface area contributed by atoms with Crippen LogP contribution >= 0.6 is 11.8 Å². The third-order valence-electron chi connectivity index (χ3n) is 3.99. The van der Waals surface area contributed by atoms with E-state index < -0.39 is 6.36 Å². The summed E-state index contributed by atoms with van der Waals surface area (Å²) < 4.78 is 42.0. The Morgan fingerprint density at radius 1 is 1.13 bits per heavy atom. The third-order valence-corrected chi connectivity index (χ3v) is 4.91. The van der Waals surface area contributed by atoms with E-state index >= 15 is 0 Å². The number of rotatable bonds is 6. The number of anilines is 1. The zero-order valence-electron chi connectivity index (χ0n) is 16.3. The van der Waals surface area contributed by atoms with Crippen molar-refractivity contribution < 1.29 is 22.7 Å². The fourth-order valence-corrected chi connectivity index (χ4v) is 3.66. The zero-order valence-corrected chi connectivity index (χ0v) is 17.1. The first-order chi connectivity index (χ1) is 14.1. The number of hydrogen-bond acceptors (Lipinski definition) is 6. The molecule has 0 radical (unpaired) electrons. The molecule has 0 saturated heterocycles. The molecule has 3 aromatic rings. The molecule has 7 nitrogen and oxygen atoms in total. The molecule has 3 rings (SSSR count). The molecule has 0 unspecified atom stereocenters. The number of hydrogen-bond donors (Lipinski definition) is 1. The molecule has 0 aliphatic carbocycles. The van der Waals surface area contributed by atoms with E-state index in [1.807, 2.05) is 32.9 Å². The maximum atomic E-state index is 12.2. The SMILES string of the molecule is Cc1cc(C)c(-n2nnnc2SCC(=O)Nc2ccc(OC(F)(F)F)cc2)c(C)c1. The lowest BCUT2D eigenvalue weighted by molar-refractivity contribution is -0.274. The van der Waals surface area contributed by atoms with Crippen LogP contribution in [0.1, 0.15) is 16.7 Å². The van der Waals surface area contributed by atoms with Gasteiger partial charge in [0.15, 0.2) is 0 Å². The van der Waals surface area contributed by atoms with Crippen LogP contribution in [-0.2, 0) is 4.79 Å². The van der Waals surface area contributed by atoms with Crippen molar-refractivity contribution in [3.63, 3.8) is 0 Å². The Balaban J connectivity index is 1.64. The normalized spacial score (nSPS) is 11.4. The van der Waals surface area contributed by atoms with Crippen molar-refractivity contribution >= 4 is 23.4 Å². The van der Waals surface area contributed by atoms with E-state index in [4.69, 9.17) is 0 Å². The molecule has 158 valence electrons. The van der Waals surface area contributed by atoms with Gasteiger partial charge in [0.25, 0.3) is 0 Å². The van der Waals surface area contributed by atoms with Gasteiger partial charge in [-0.15, -0.1) is 18.3 Å². The summed E-state index contributed by atoms with van der Waals surface area (Å²) in [5.74, 6) is -0.695. The summed E-state index contributed by atoms with van der Waals surface area (Å²) in [5.41, 5.74) is 4.34. The zero-order chi connectivity index (χ0) is 21.9. The number of aryl methyl sites for hydroxylation is 3. The van der Waals surface area contributed by atoms with Gasteiger partial charge < -0.3 is 10.1 Å². The van der Waals surface area contributed by atoms with Crippen LogP contribution in [0.5, 0.6) is 5.75 Å². The number of carbonyl (C=O) groups excluding carboxylic acids is 1. The number of benzene rings is 2. The minimum absolute atomic E-state index is 0.0190. The smallest absolute Gasteiger partial charge is 0.406 e. The molecule has 1 aromatic heterocycles. The fourth-order valence-electron chi connectivity index (χ4n) is 2.98. The lowest BCUT2D eigenvalue weighted by Gasteiger charge is -2.12. The summed E-state index contributed by atoms with van der Waals surface area (Å²) in [6.45, 7) is 5.93. The van der Waals surface area contributed by atoms with Crippen LogP contribution in [0.25, 0.3) is 5.69 Å². The summed E-state index contributed by atoms with van der Waals surface area (Å²) in [6.07, 6.45) is -4.76. The number of thioether (sulfide) groups is 1. The maximum Gasteiger partial charge on any atom is 0.573 e. The van der Waals surface area contributed by atoms with Crippen LogP contribution in [0.15, 0.2) is 41.6 Å². The third kappa shape index (κ3) is 5.50. The van der Waals surface area contributed by atoms with E-state index in [9.17, 15) is 18.0 Å². The highest BCUT2D eigenvalue weighted by Crippen LogP contribution is 2.26. The molecule has 30 heavy (non-hydrogen) atoms. The Morgan fingerprint density at radius 2 is 1.77 bits per heavy atom. The predicted molar refractivity (Wildman–Crippen MR) is 106 cm³/mol. The highest BCUT2D eigenvalue weighted by molar-refractivity contribution is 7.99. The summed E-state index contributed by atoms with van der Waals surface area (Å²) in [5, 5.41) is 14.8. The molecule has 11 heteroatoms. The van der Waals surface area contributed by atoms with Crippen molar-refractivity contribution in [2.45, 2.75) is 32.3 Å². The number of tetrazole rings is 1. The molecule has 0 saturated carbocycles. The van der Waals surface area contributed by atoms with Crippen molar-refractivity contribution in [1.82, 2.24) is 20.2 Å². The Hall–Kier alpha value is -3.08. The topological polar surface area (TPSA) is 81.9 Å². The van der Waals surface area contributed by atoms with Gasteiger partial charge >= 0.3 is 6.36 Å². The average molecular weight is 437 g/mol. The van der Waals surface area contributed by atoms with E-state index in [-0.39, 0.29) is 17.4 Å². The van der Waals surface area contributed by atoms with Gasteiger partial charge in [0.1, 0.15) is 5.75 Å². The molecular weight excluding hydrogens is 419 g/mol. The molecule has 2 aromatic carbocycles. The van der Waals surface area contributed by atoms with Gasteiger partial charge in [-0.3, -0.25) is 4.79 Å². The second-order valence-corrected chi connectivity index (χ2v) is 7.47. The number of ether oxygens (including phenoxy) is 1. The van der Waals surface area contributed by atoms with Gasteiger partial charge in [-0.25, -0.2) is 0 Å². The monoisotopic (exact) mass is 437 g/mol. The lowest BCUT2D eigenvalue weighted by atomic mass is 10.1. The highest BCUT2D eigenvalue weighted by atomic mass is 32.2. The largest absolute Gasteiger partial charge is 0.573 e. The standard InChI is InChI=1S/C19H18F3N5O2S/c1-11-8-12(2)17(13(3)9-11)27-18(24-25-26-27)30-10-16(28)23-14-4-6-15(7-5-14)29-19(20,21)22/h4-9H,10H2,1-3H3,(H,23,28). The van der Waals surface area contributed by atoms with Gasteiger partial charge in [0, 0.05) is 5.69 Å². The number of halogens is 3. The van der Waals surface area contributed by atoms with Crippen molar-refractivity contribution in [2.75, 3.05) is 11.1 Å². The van der Waals surface area contributed by atoms with Crippen LogP contribution in [0.3, 0.4) is 0 Å². The average Bonchev–Trinajstić information content (AvgIpc) is 3.08. The molecule has 0 aliphatic rings. The van der Waals surface area contributed by atoms with Crippen molar-refractivity contribution in [3.8, 4) is 11.4 Å².